The Morgan fingerprint density at radius 3 is 2.38 bits per heavy atom. The first-order chi connectivity index (χ1) is 18.0. The van der Waals surface area contributed by atoms with Crippen LogP contribution in [0.15, 0.2) is 94.2 Å². The van der Waals surface area contributed by atoms with Crippen molar-refractivity contribution in [1.82, 2.24) is 4.57 Å². The van der Waals surface area contributed by atoms with Crippen LogP contribution in [0.5, 0.6) is 5.75 Å². The Bertz CT molecular complexity index is 1650. The van der Waals surface area contributed by atoms with Gasteiger partial charge in [-0.15, -0.1) is 0 Å². The number of ether oxygens (including phenoxy) is 2. The number of benzene rings is 3. The standard InChI is InChI=1S/C30H26N2O4S/c1-4-36-29(34)25-26(21-8-6-5-7-9-21)31-30-32(27(25)22-14-16-23(35-3)17-15-22)28(33)24(37-30)18-20-12-10-19(2)11-13-20/h5-18,27H,4H2,1-3H3/b24-18-/t27-/m1/s1. The van der Waals surface area contributed by atoms with Crippen LogP contribution in [-0.2, 0) is 9.53 Å². The molecule has 0 radical (unpaired) electrons. The predicted molar refractivity (Wildman–Crippen MR) is 145 cm³/mol. The Kier molecular flexibility index (Phi) is 6.88. The molecule has 0 saturated carbocycles. The van der Waals surface area contributed by atoms with Crippen molar-refractivity contribution in [2.24, 2.45) is 4.99 Å². The van der Waals surface area contributed by atoms with Gasteiger partial charge < -0.3 is 9.47 Å². The van der Waals surface area contributed by atoms with Gasteiger partial charge in [-0.05, 0) is 43.2 Å². The van der Waals surface area contributed by atoms with Crippen molar-refractivity contribution < 1.29 is 14.3 Å². The predicted octanol–water partition coefficient (Wildman–Crippen LogP) is 4.25. The van der Waals surface area contributed by atoms with Gasteiger partial charge in [0.05, 0.1) is 35.6 Å². The third-order valence-corrected chi connectivity index (χ3v) is 7.16. The van der Waals surface area contributed by atoms with Gasteiger partial charge in [-0.3, -0.25) is 9.36 Å². The van der Waals surface area contributed by atoms with Gasteiger partial charge in [-0.1, -0.05) is 83.6 Å². The third-order valence-electron chi connectivity index (χ3n) is 6.18. The molecule has 1 aliphatic rings. The van der Waals surface area contributed by atoms with E-state index in [0.29, 0.717) is 26.4 Å². The molecule has 1 atom stereocenters. The number of hydrogen-bond donors (Lipinski definition) is 0. The molecular weight excluding hydrogens is 484 g/mol. The number of fused-ring (bicyclic) bond motifs is 1. The maximum Gasteiger partial charge on any atom is 0.338 e. The summed E-state index contributed by atoms with van der Waals surface area (Å²) in [7, 11) is 1.60. The summed E-state index contributed by atoms with van der Waals surface area (Å²) in [6.07, 6.45) is 1.87. The highest BCUT2D eigenvalue weighted by atomic mass is 32.1. The van der Waals surface area contributed by atoms with E-state index in [9.17, 15) is 9.59 Å². The molecule has 0 bridgehead atoms. The lowest BCUT2D eigenvalue weighted by molar-refractivity contribution is -0.138. The van der Waals surface area contributed by atoms with Gasteiger partial charge in [-0.2, -0.15) is 0 Å². The summed E-state index contributed by atoms with van der Waals surface area (Å²) >= 11 is 1.31. The lowest BCUT2D eigenvalue weighted by Gasteiger charge is -2.26. The van der Waals surface area contributed by atoms with Gasteiger partial charge in [-0.25, -0.2) is 9.79 Å². The zero-order valence-electron chi connectivity index (χ0n) is 20.8. The highest BCUT2D eigenvalue weighted by Gasteiger charge is 2.35. The molecule has 0 aliphatic carbocycles. The van der Waals surface area contributed by atoms with E-state index in [-0.39, 0.29) is 12.2 Å². The summed E-state index contributed by atoms with van der Waals surface area (Å²) in [6.45, 7) is 3.99. The average molecular weight is 511 g/mol. The molecule has 0 fully saturated rings. The van der Waals surface area contributed by atoms with Crippen molar-refractivity contribution in [3.8, 4) is 5.75 Å². The van der Waals surface area contributed by atoms with Crippen LogP contribution in [0.3, 0.4) is 0 Å². The van der Waals surface area contributed by atoms with Gasteiger partial charge >= 0.3 is 5.97 Å². The van der Waals surface area contributed by atoms with E-state index in [0.717, 1.165) is 22.3 Å². The number of carbonyl (C=O) groups is 1. The van der Waals surface area contributed by atoms with Crippen LogP contribution >= 0.6 is 11.3 Å². The summed E-state index contributed by atoms with van der Waals surface area (Å²) in [5.41, 5.74) is 4.22. The highest BCUT2D eigenvalue weighted by Crippen LogP contribution is 2.35. The van der Waals surface area contributed by atoms with Crippen LogP contribution in [0.4, 0.5) is 0 Å². The second kappa shape index (κ2) is 10.4. The molecule has 0 N–H and O–H groups in total. The molecule has 0 spiro atoms. The number of aryl methyl sites for hydroxylation is 1. The molecule has 0 amide bonds. The van der Waals surface area contributed by atoms with E-state index in [1.54, 1.807) is 18.6 Å². The van der Waals surface area contributed by atoms with Crippen molar-refractivity contribution in [3.05, 3.63) is 126 Å². The van der Waals surface area contributed by atoms with E-state index in [1.807, 2.05) is 91.9 Å². The van der Waals surface area contributed by atoms with Crippen molar-refractivity contribution in [3.63, 3.8) is 0 Å². The fourth-order valence-corrected chi connectivity index (χ4v) is 5.36. The van der Waals surface area contributed by atoms with Gasteiger partial charge in [0, 0.05) is 5.56 Å². The lowest BCUT2D eigenvalue weighted by atomic mass is 9.93. The number of esters is 1. The Balaban J connectivity index is 1.81. The summed E-state index contributed by atoms with van der Waals surface area (Å²) < 4.78 is 13.0. The highest BCUT2D eigenvalue weighted by molar-refractivity contribution is 7.07. The number of thiazole rings is 1. The third kappa shape index (κ3) is 4.78. The van der Waals surface area contributed by atoms with Crippen LogP contribution in [0.1, 0.15) is 35.2 Å². The normalized spacial score (nSPS) is 15.2. The summed E-state index contributed by atoms with van der Waals surface area (Å²) in [6, 6.07) is 24.2. The second-order valence-electron chi connectivity index (χ2n) is 8.62. The monoisotopic (exact) mass is 510 g/mol. The number of methoxy groups -OCH3 is 1. The molecule has 1 aliphatic heterocycles. The van der Waals surface area contributed by atoms with Crippen molar-refractivity contribution >= 4 is 29.1 Å². The largest absolute Gasteiger partial charge is 0.497 e. The summed E-state index contributed by atoms with van der Waals surface area (Å²) in [4.78, 5) is 32.7. The molecule has 37 heavy (non-hydrogen) atoms. The topological polar surface area (TPSA) is 69.9 Å². The first-order valence-electron chi connectivity index (χ1n) is 12.0. The fraction of sp³-hybridized carbons (Fsp3) is 0.167. The van der Waals surface area contributed by atoms with Gasteiger partial charge in [0.1, 0.15) is 5.75 Å². The van der Waals surface area contributed by atoms with E-state index in [4.69, 9.17) is 14.5 Å². The summed E-state index contributed by atoms with van der Waals surface area (Å²) in [5.74, 6) is 0.180. The summed E-state index contributed by atoms with van der Waals surface area (Å²) in [5, 5.41) is 0. The molecule has 1 aromatic heterocycles. The number of carbonyl (C=O) groups excluding carboxylic acids is 1. The van der Waals surface area contributed by atoms with Crippen LogP contribution in [0.2, 0.25) is 0 Å². The Labute approximate surface area is 218 Å². The molecule has 3 aromatic carbocycles. The molecule has 4 aromatic rings. The van der Waals surface area contributed by atoms with Crippen molar-refractivity contribution in [2.75, 3.05) is 13.7 Å². The minimum absolute atomic E-state index is 0.206. The Morgan fingerprint density at radius 1 is 1.03 bits per heavy atom. The quantitative estimate of drug-likeness (QED) is 0.364. The zero-order chi connectivity index (χ0) is 25.9. The van der Waals surface area contributed by atoms with Crippen LogP contribution in [-0.4, -0.2) is 24.3 Å². The number of hydrogen-bond acceptors (Lipinski definition) is 6. The maximum atomic E-state index is 13.8. The average Bonchev–Trinajstić information content (AvgIpc) is 3.24. The minimum Gasteiger partial charge on any atom is -0.497 e. The van der Waals surface area contributed by atoms with E-state index in [1.165, 1.54) is 11.3 Å². The molecule has 7 heteroatoms. The number of nitrogens with zero attached hydrogens (tertiary/aromatic N) is 2. The SMILES string of the molecule is CCOC(=O)C1=C(c2ccccc2)N=c2s/c(=C\c3ccc(C)cc3)c(=O)n2[C@@H]1c1ccc(OC)cc1. The fourth-order valence-electron chi connectivity index (χ4n) is 4.36. The lowest BCUT2D eigenvalue weighted by Crippen LogP contribution is -2.40. The molecule has 6 nitrogen and oxygen atoms in total. The van der Waals surface area contributed by atoms with Gasteiger partial charge in [0.25, 0.3) is 5.56 Å². The van der Waals surface area contributed by atoms with Crippen LogP contribution < -0.4 is 19.6 Å². The molecule has 186 valence electrons. The Morgan fingerprint density at radius 2 is 1.73 bits per heavy atom. The van der Waals surface area contributed by atoms with Crippen LogP contribution in [0, 0.1) is 6.92 Å². The van der Waals surface area contributed by atoms with E-state index in [2.05, 4.69) is 0 Å². The molecular formula is C30H26N2O4S. The first kappa shape index (κ1) is 24.5. The molecule has 2 heterocycles. The van der Waals surface area contributed by atoms with E-state index >= 15 is 0 Å². The molecule has 0 saturated heterocycles. The maximum absolute atomic E-state index is 13.8. The minimum atomic E-state index is -0.711. The van der Waals surface area contributed by atoms with Crippen molar-refractivity contribution in [2.45, 2.75) is 19.9 Å². The first-order valence-corrected chi connectivity index (χ1v) is 12.8. The number of rotatable bonds is 6. The van der Waals surface area contributed by atoms with Gasteiger partial charge in [0.2, 0.25) is 0 Å². The smallest absolute Gasteiger partial charge is 0.338 e. The second-order valence-corrected chi connectivity index (χ2v) is 9.62. The van der Waals surface area contributed by atoms with Crippen LogP contribution in [0.25, 0.3) is 11.8 Å². The molecule has 5 rings (SSSR count). The number of aromatic nitrogens is 1. The van der Waals surface area contributed by atoms with E-state index < -0.39 is 12.0 Å². The molecule has 0 unspecified atom stereocenters. The zero-order valence-corrected chi connectivity index (χ0v) is 21.6. The van der Waals surface area contributed by atoms with Crippen molar-refractivity contribution in [1.29, 1.82) is 0 Å². The Hall–Kier alpha value is -4.23. The van der Waals surface area contributed by atoms with Gasteiger partial charge in [0.15, 0.2) is 4.80 Å².